The lowest BCUT2D eigenvalue weighted by atomic mass is 10.2. The lowest BCUT2D eigenvalue weighted by Crippen LogP contribution is -1.85. The Labute approximate surface area is 158 Å². The Bertz CT molecular complexity index is 1100. The third-order valence-corrected chi connectivity index (χ3v) is 6.24. The van der Waals surface area contributed by atoms with Crippen LogP contribution < -0.4 is 0 Å². The third-order valence-electron chi connectivity index (χ3n) is 3.87. The molecule has 0 radical (unpaired) electrons. The molecule has 4 rings (SSSR count). The molecule has 3 nitrogen and oxygen atoms in total. The topological polar surface area (TPSA) is 49.6 Å². The van der Waals surface area contributed by atoms with Gasteiger partial charge in [0.05, 0.1) is 21.8 Å². The van der Waals surface area contributed by atoms with Crippen molar-refractivity contribution < 1.29 is 4.39 Å². The van der Waals surface area contributed by atoms with Gasteiger partial charge in [-0.2, -0.15) is 5.26 Å². The minimum atomic E-state index is -0.242. The van der Waals surface area contributed by atoms with Crippen molar-refractivity contribution in [1.29, 1.82) is 5.26 Å². The summed E-state index contributed by atoms with van der Waals surface area (Å²) < 4.78 is 14.2. The molecule has 0 amide bonds. The highest BCUT2D eigenvalue weighted by atomic mass is 32.2. The number of aromatic nitrogens is 2. The zero-order valence-corrected chi connectivity index (χ0v) is 15.1. The van der Waals surface area contributed by atoms with Crippen molar-refractivity contribution in [3.05, 3.63) is 77.9 Å². The molecule has 0 saturated carbocycles. The highest BCUT2D eigenvalue weighted by molar-refractivity contribution is 7.98. The summed E-state index contributed by atoms with van der Waals surface area (Å²) in [6.45, 7) is 0. The molecule has 0 N–H and O–H groups in total. The first-order chi connectivity index (χ1) is 12.7. The summed E-state index contributed by atoms with van der Waals surface area (Å²) in [4.78, 5) is 9.83. The molecule has 0 aliphatic rings. The first kappa shape index (κ1) is 16.7. The highest BCUT2D eigenvalue weighted by Crippen LogP contribution is 2.37. The lowest BCUT2D eigenvalue weighted by molar-refractivity contribution is 0.628. The smallest absolute Gasteiger partial charge is 0.123 e. The Morgan fingerprint density at radius 1 is 1.04 bits per heavy atom. The van der Waals surface area contributed by atoms with Crippen LogP contribution in [-0.4, -0.2) is 9.97 Å². The van der Waals surface area contributed by atoms with E-state index in [1.54, 1.807) is 41.6 Å². The molecule has 6 heteroatoms. The Kier molecular flexibility index (Phi) is 4.65. The van der Waals surface area contributed by atoms with Crippen molar-refractivity contribution in [2.75, 3.05) is 0 Å². The second-order valence-corrected chi connectivity index (χ2v) is 7.62. The SMILES string of the molecule is N#Cc1ccc(CSc2ncnc3cc(-c4ccc(F)cc4)sc23)cc1. The number of halogens is 1. The number of nitrogens with zero attached hydrogens (tertiary/aromatic N) is 3. The summed E-state index contributed by atoms with van der Waals surface area (Å²) in [5.41, 5.74) is 3.66. The van der Waals surface area contributed by atoms with E-state index in [9.17, 15) is 4.39 Å². The number of rotatable bonds is 4. The van der Waals surface area contributed by atoms with Gasteiger partial charge in [0.25, 0.3) is 0 Å². The van der Waals surface area contributed by atoms with Gasteiger partial charge < -0.3 is 0 Å². The molecule has 0 bridgehead atoms. The van der Waals surface area contributed by atoms with Crippen molar-refractivity contribution in [3.63, 3.8) is 0 Å². The fourth-order valence-corrected chi connectivity index (χ4v) is 4.67. The number of thiophene rings is 1. The van der Waals surface area contributed by atoms with Gasteiger partial charge in [0.1, 0.15) is 17.2 Å². The van der Waals surface area contributed by atoms with E-state index in [1.165, 1.54) is 12.1 Å². The maximum atomic E-state index is 13.1. The summed E-state index contributed by atoms with van der Waals surface area (Å²) >= 11 is 3.26. The average Bonchev–Trinajstić information content (AvgIpc) is 3.12. The van der Waals surface area contributed by atoms with Crippen molar-refractivity contribution in [3.8, 4) is 16.5 Å². The molecule has 0 unspecified atom stereocenters. The Hall–Kier alpha value is -2.75. The van der Waals surface area contributed by atoms with Crippen LogP contribution in [0.25, 0.3) is 20.7 Å². The molecule has 4 aromatic rings. The van der Waals surface area contributed by atoms with Crippen LogP contribution in [0.15, 0.2) is 66.0 Å². The van der Waals surface area contributed by atoms with Gasteiger partial charge in [0, 0.05) is 10.6 Å². The van der Waals surface area contributed by atoms with Crippen LogP contribution >= 0.6 is 23.1 Å². The molecule has 2 aromatic carbocycles. The van der Waals surface area contributed by atoms with Gasteiger partial charge in [-0.05, 0) is 41.5 Å². The van der Waals surface area contributed by atoms with Gasteiger partial charge in [-0.15, -0.1) is 23.1 Å². The summed E-state index contributed by atoms with van der Waals surface area (Å²) in [6.07, 6.45) is 1.57. The molecule has 2 aromatic heterocycles. The van der Waals surface area contributed by atoms with Crippen molar-refractivity contribution in [2.45, 2.75) is 10.8 Å². The first-order valence-corrected chi connectivity index (χ1v) is 9.65. The molecule has 26 heavy (non-hydrogen) atoms. The Morgan fingerprint density at radius 3 is 2.54 bits per heavy atom. The predicted molar refractivity (Wildman–Crippen MR) is 104 cm³/mol. The second kappa shape index (κ2) is 7.24. The minimum Gasteiger partial charge on any atom is -0.235 e. The normalized spacial score (nSPS) is 10.8. The van der Waals surface area contributed by atoms with Crippen molar-refractivity contribution in [2.24, 2.45) is 0 Å². The van der Waals surface area contributed by atoms with E-state index < -0.39 is 0 Å². The zero-order valence-electron chi connectivity index (χ0n) is 13.5. The molecular weight excluding hydrogens is 365 g/mol. The summed E-state index contributed by atoms with van der Waals surface area (Å²) in [5, 5.41) is 9.80. The fourth-order valence-electron chi connectivity index (χ4n) is 2.52. The van der Waals surface area contributed by atoms with Crippen LogP contribution in [0, 0.1) is 17.1 Å². The quantitative estimate of drug-likeness (QED) is 0.340. The first-order valence-electron chi connectivity index (χ1n) is 7.85. The maximum Gasteiger partial charge on any atom is 0.123 e. The van der Waals surface area contributed by atoms with E-state index in [4.69, 9.17) is 5.26 Å². The van der Waals surface area contributed by atoms with Crippen LogP contribution in [-0.2, 0) is 5.75 Å². The fraction of sp³-hybridized carbons (Fsp3) is 0.0500. The number of thioether (sulfide) groups is 1. The molecule has 126 valence electrons. The van der Waals surface area contributed by atoms with Crippen LogP contribution in [0.4, 0.5) is 4.39 Å². The van der Waals surface area contributed by atoms with E-state index in [0.29, 0.717) is 5.56 Å². The van der Waals surface area contributed by atoms with E-state index in [0.717, 1.165) is 37.0 Å². The molecule has 2 heterocycles. The molecule has 0 atom stereocenters. The summed E-state index contributed by atoms with van der Waals surface area (Å²) in [5.74, 6) is 0.523. The highest BCUT2D eigenvalue weighted by Gasteiger charge is 2.11. The molecular formula is C20H12FN3S2. The van der Waals surface area contributed by atoms with Crippen molar-refractivity contribution in [1.82, 2.24) is 9.97 Å². The largest absolute Gasteiger partial charge is 0.235 e. The van der Waals surface area contributed by atoms with Crippen molar-refractivity contribution >= 4 is 33.3 Å². The van der Waals surface area contributed by atoms with Crippen LogP contribution in [0.3, 0.4) is 0 Å². The summed E-state index contributed by atoms with van der Waals surface area (Å²) in [6, 6.07) is 18.2. The van der Waals surface area contributed by atoms with E-state index >= 15 is 0 Å². The van der Waals surface area contributed by atoms with Gasteiger partial charge in [-0.1, -0.05) is 24.3 Å². The molecule has 0 aliphatic heterocycles. The number of hydrogen-bond acceptors (Lipinski definition) is 5. The molecule has 0 aliphatic carbocycles. The molecule has 0 fully saturated rings. The predicted octanol–water partition coefficient (Wildman–Crippen LogP) is 5.66. The second-order valence-electron chi connectivity index (χ2n) is 5.61. The average molecular weight is 377 g/mol. The zero-order chi connectivity index (χ0) is 17.9. The maximum absolute atomic E-state index is 13.1. The van der Waals surface area contributed by atoms with Crippen LogP contribution in [0.5, 0.6) is 0 Å². The van der Waals surface area contributed by atoms with E-state index in [1.807, 2.05) is 30.3 Å². The van der Waals surface area contributed by atoms with Gasteiger partial charge in [0.15, 0.2) is 0 Å². The van der Waals surface area contributed by atoms with Gasteiger partial charge in [0.2, 0.25) is 0 Å². The third kappa shape index (κ3) is 3.45. The Balaban J connectivity index is 1.61. The van der Waals surface area contributed by atoms with E-state index in [2.05, 4.69) is 16.0 Å². The number of hydrogen-bond donors (Lipinski definition) is 0. The number of nitriles is 1. The monoisotopic (exact) mass is 377 g/mol. The molecule has 0 saturated heterocycles. The van der Waals surface area contributed by atoms with Gasteiger partial charge >= 0.3 is 0 Å². The van der Waals surface area contributed by atoms with Gasteiger partial charge in [-0.25, -0.2) is 14.4 Å². The summed E-state index contributed by atoms with van der Waals surface area (Å²) in [7, 11) is 0. The van der Waals surface area contributed by atoms with Crippen LogP contribution in [0.2, 0.25) is 0 Å². The number of fused-ring (bicyclic) bond motifs is 1. The molecule has 0 spiro atoms. The standard InChI is InChI=1S/C20H12FN3S2/c21-16-7-5-15(6-8-16)18-9-17-19(26-18)20(24-12-23-17)25-11-14-3-1-13(10-22)2-4-14/h1-9,12H,11H2. The van der Waals surface area contributed by atoms with Gasteiger partial charge in [-0.3, -0.25) is 0 Å². The van der Waals surface area contributed by atoms with Crippen LogP contribution in [0.1, 0.15) is 11.1 Å². The van der Waals surface area contributed by atoms with E-state index in [-0.39, 0.29) is 5.82 Å². The number of benzene rings is 2. The minimum absolute atomic E-state index is 0.242. The Morgan fingerprint density at radius 2 is 1.81 bits per heavy atom. The lowest BCUT2D eigenvalue weighted by Gasteiger charge is -2.02.